The van der Waals surface area contributed by atoms with Crippen molar-refractivity contribution in [3.8, 4) is 0 Å². The number of nitrogens with one attached hydrogen (secondary N) is 2. The molecule has 2 amide bonds. The summed E-state index contributed by atoms with van der Waals surface area (Å²) < 4.78 is 0.869. The maximum absolute atomic E-state index is 12.1. The maximum atomic E-state index is 12.1. The number of halogens is 1. The first-order valence-corrected chi connectivity index (χ1v) is 8.60. The molecule has 8 heteroatoms. The Labute approximate surface area is 150 Å². The number of carbonyl (C=O) groups is 2. The van der Waals surface area contributed by atoms with E-state index >= 15 is 0 Å². The summed E-state index contributed by atoms with van der Waals surface area (Å²) in [6.45, 7) is 7.83. The minimum absolute atomic E-state index is 0.00223. The van der Waals surface area contributed by atoms with Gasteiger partial charge < -0.3 is 10.6 Å². The van der Waals surface area contributed by atoms with E-state index in [1.807, 2.05) is 6.07 Å². The predicted molar refractivity (Wildman–Crippen MR) is 96.7 cm³/mol. The molecule has 1 aliphatic heterocycles. The Bertz CT molecular complexity index is 570. The summed E-state index contributed by atoms with van der Waals surface area (Å²) >= 11 is 3.31. The first-order valence-electron chi connectivity index (χ1n) is 7.80. The number of rotatable bonds is 7. The van der Waals surface area contributed by atoms with Gasteiger partial charge in [0.05, 0.1) is 13.1 Å². The highest BCUT2D eigenvalue weighted by molar-refractivity contribution is 9.10. The molecule has 0 aliphatic carbocycles. The van der Waals surface area contributed by atoms with Gasteiger partial charge in [-0.1, -0.05) is 6.08 Å². The third kappa shape index (κ3) is 6.38. The van der Waals surface area contributed by atoms with Gasteiger partial charge in [-0.2, -0.15) is 0 Å². The molecular weight excluding hydrogens is 374 g/mol. The summed E-state index contributed by atoms with van der Waals surface area (Å²) in [5.74, 6) is 0.463. The highest BCUT2D eigenvalue weighted by atomic mass is 79.9. The molecule has 0 spiro atoms. The molecule has 2 N–H and O–H groups in total. The van der Waals surface area contributed by atoms with Crippen molar-refractivity contribution in [2.75, 3.05) is 51.1 Å². The Hall–Kier alpha value is -1.77. The minimum Gasteiger partial charge on any atom is -0.352 e. The van der Waals surface area contributed by atoms with Crippen LogP contribution in [0.2, 0.25) is 0 Å². The molecule has 1 fully saturated rings. The van der Waals surface area contributed by atoms with Crippen LogP contribution in [0.3, 0.4) is 0 Å². The van der Waals surface area contributed by atoms with Gasteiger partial charge in [-0.05, 0) is 28.1 Å². The summed E-state index contributed by atoms with van der Waals surface area (Å²) in [6.07, 6.45) is 3.31. The van der Waals surface area contributed by atoms with Crippen molar-refractivity contribution >= 4 is 33.6 Å². The summed E-state index contributed by atoms with van der Waals surface area (Å²) in [6, 6.07) is 3.58. The van der Waals surface area contributed by atoms with Crippen molar-refractivity contribution in [1.82, 2.24) is 20.1 Å². The van der Waals surface area contributed by atoms with E-state index in [1.54, 1.807) is 18.3 Å². The number of hydrogen-bond donors (Lipinski definition) is 2. The monoisotopic (exact) mass is 395 g/mol. The fraction of sp³-hybridized carbons (Fsp3) is 0.438. The van der Waals surface area contributed by atoms with E-state index in [2.05, 4.69) is 47.9 Å². The maximum Gasteiger partial charge on any atom is 0.239 e. The minimum atomic E-state index is -0.0815. The molecule has 0 aromatic carbocycles. The van der Waals surface area contributed by atoms with Crippen LogP contribution in [0.1, 0.15) is 0 Å². The molecule has 1 aromatic heterocycles. The van der Waals surface area contributed by atoms with Crippen LogP contribution in [0.5, 0.6) is 0 Å². The van der Waals surface area contributed by atoms with Crippen LogP contribution in [0, 0.1) is 0 Å². The molecule has 1 aliphatic rings. The molecule has 0 saturated carbocycles. The fourth-order valence-electron chi connectivity index (χ4n) is 2.39. The van der Waals surface area contributed by atoms with E-state index in [-0.39, 0.29) is 11.8 Å². The van der Waals surface area contributed by atoms with Gasteiger partial charge in [-0.15, -0.1) is 6.58 Å². The SMILES string of the molecule is C=CCNC(=O)CN1CCN(CC(=O)Nc2ccc(Br)cn2)CC1. The van der Waals surface area contributed by atoms with Crippen LogP contribution < -0.4 is 10.6 Å². The molecule has 24 heavy (non-hydrogen) atoms. The molecule has 0 radical (unpaired) electrons. The molecule has 7 nitrogen and oxygen atoms in total. The lowest BCUT2D eigenvalue weighted by Crippen LogP contribution is -2.51. The standard InChI is InChI=1S/C16H22BrN5O2/c1-2-5-18-15(23)11-21-6-8-22(9-7-21)12-16(24)20-14-4-3-13(17)10-19-14/h2-4,10H,1,5-9,11-12H2,(H,18,23)(H,19,20,24). The van der Waals surface area contributed by atoms with Gasteiger partial charge in [-0.3, -0.25) is 19.4 Å². The molecule has 0 unspecified atom stereocenters. The van der Waals surface area contributed by atoms with Gasteiger partial charge in [0.25, 0.3) is 0 Å². The normalized spacial score (nSPS) is 15.7. The van der Waals surface area contributed by atoms with E-state index < -0.39 is 0 Å². The highest BCUT2D eigenvalue weighted by Gasteiger charge is 2.20. The Balaban J connectivity index is 1.68. The zero-order valence-corrected chi connectivity index (χ0v) is 15.1. The number of aromatic nitrogens is 1. The molecular formula is C16H22BrN5O2. The van der Waals surface area contributed by atoms with Crippen molar-refractivity contribution in [3.63, 3.8) is 0 Å². The van der Waals surface area contributed by atoms with Gasteiger partial charge in [0.1, 0.15) is 5.82 Å². The van der Waals surface area contributed by atoms with Gasteiger partial charge >= 0.3 is 0 Å². The Morgan fingerprint density at radius 2 is 1.79 bits per heavy atom. The second kappa shape index (κ2) is 9.51. The molecule has 0 atom stereocenters. The largest absolute Gasteiger partial charge is 0.352 e. The van der Waals surface area contributed by atoms with Crippen molar-refractivity contribution in [2.45, 2.75) is 0 Å². The molecule has 1 saturated heterocycles. The fourth-order valence-corrected chi connectivity index (χ4v) is 2.62. The van der Waals surface area contributed by atoms with E-state index in [9.17, 15) is 9.59 Å². The van der Waals surface area contributed by atoms with Crippen LogP contribution in [-0.4, -0.2) is 72.4 Å². The number of amides is 2. The average molecular weight is 396 g/mol. The van der Waals surface area contributed by atoms with E-state index in [0.717, 1.165) is 30.7 Å². The topological polar surface area (TPSA) is 77.6 Å². The first-order chi connectivity index (χ1) is 11.6. The summed E-state index contributed by atoms with van der Waals surface area (Å²) in [5.41, 5.74) is 0. The van der Waals surface area contributed by atoms with Crippen molar-refractivity contribution in [2.24, 2.45) is 0 Å². The van der Waals surface area contributed by atoms with E-state index in [0.29, 0.717) is 25.5 Å². The van der Waals surface area contributed by atoms with E-state index in [1.165, 1.54) is 0 Å². The average Bonchev–Trinajstić information content (AvgIpc) is 2.57. The van der Waals surface area contributed by atoms with Crippen LogP contribution in [0.25, 0.3) is 0 Å². The lowest BCUT2D eigenvalue weighted by molar-refractivity contribution is -0.123. The van der Waals surface area contributed by atoms with Crippen LogP contribution in [-0.2, 0) is 9.59 Å². The Kier molecular flexibility index (Phi) is 7.36. The lowest BCUT2D eigenvalue weighted by Gasteiger charge is -2.33. The number of hydrogen-bond acceptors (Lipinski definition) is 5. The molecule has 2 rings (SSSR count). The van der Waals surface area contributed by atoms with Crippen LogP contribution in [0.15, 0.2) is 35.5 Å². The first kappa shape index (κ1) is 18.6. The second-order valence-corrected chi connectivity index (χ2v) is 6.47. The number of anilines is 1. The van der Waals surface area contributed by atoms with E-state index in [4.69, 9.17) is 0 Å². The number of piperazine rings is 1. The van der Waals surface area contributed by atoms with Gasteiger partial charge in [-0.25, -0.2) is 4.98 Å². The quantitative estimate of drug-likeness (QED) is 0.664. The molecule has 2 heterocycles. The zero-order valence-electron chi connectivity index (χ0n) is 13.5. The van der Waals surface area contributed by atoms with Gasteiger partial charge in [0.15, 0.2) is 0 Å². The van der Waals surface area contributed by atoms with Gasteiger partial charge in [0, 0.05) is 43.4 Å². The molecule has 1 aromatic rings. The zero-order chi connectivity index (χ0) is 17.4. The van der Waals surface area contributed by atoms with Gasteiger partial charge in [0.2, 0.25) is 11.8 Å². The number of pyridine rings is 1. The molecule has 130 valence electrons. The predicted octanol–water partition coefficient (Wildman–Crippen LogP) is 0.702. The summed E-state index contributed by atoms with van der Waals surface area (Å²) in [4.78, 5) is 32.0. The van der Waals surface area contributed by atoms with Crippen molar-refractivity contribution in [3.05, 3.63) is 35.5 Å². The number of carbonyl (C=O) groups excluding carboxylic acids is 2. The van der Waals surface area contributed by atoms with Crippen LogP contribution in [0.4, 0.5) is 5.82 Å². The summed E-state index contributed by atoms with van der Waals surface area (Å²) in [7, 11) is 0. The lowest BCUT2D eigenvalue weighted by atomic mass is 10.3. The van der Waals surface area contributed by atoms with Crippen LogP contribution >= 0.6 is 15.9 Å². The summed E-state index contributed by atoms with van der Waals surface area (Å²) in [5, 5.41) is 5.55. The molecule has 0 bridgehead atoms. The number of nitrogens with zero attached hydrogens (tertiary/aromatic N) is 3. The highest BCUT2D eigenvalue weighted by Crippen LogP contribution is 2.10. The second-order valence-electron chi connectivity index (χ2n) is 5.55. The Morgan fingerprint density at radius 3 is 2.33 bits per heavy atom. The third-order valence-corrected chi connectivity index (χ3v) is 4.11. The van der Waals surface area contributed by atoms with Crippen molar-refractivity contribution < 1.29 is 9.59 Å². The Morgan fingerprint density at radius 1 is 1.17 bits per heavy atom. The smallest absolute Gasteiger partial charge is 0.239 e. The van der Waals surface area contributed by atoms with Crippen molar-refractivity contribution in [1.29, 1.82) is 0 Å². The third-order valence-electron chi connectivity index (χ3n) is 3.64.